The van der Waals surface area contributed by atoms with E-state index in [1.54, 1.807) is 0 Å². The van der Waals surface area contributed by atoms with Gasteiger partial charge in [-0.1, -0.05) is 0 Å². The molecule has 164 valence electrons. The molecule has 0 spiro atoms. The van der Waals surface area contributed by atoms with E-state index >= 15 is 0 Å². The highest BCUT2D eigenvalue weighted by Gasteiger charge is 2.52. The molecule has 0 aliphatic carbocycles. The number of aliphatic hydroxyl groups excluding tert-OH is 1. The van der Waals surface area contributed by atoms with Gasteiger partial charge in [0.2, 0.25) is 0 Å². The summed E-state index contributed by atoms with van der Waals surface area (Å²) in [7, 11) is -0.438. The quantitative estimate of drug-likeness (QED) is 0.577. The third-order valence-electron chi connectivity index (χ3n) is 7.03. The highest BCUT2D eigenvalue weighted by Crippen LogP contribution is 2.38. The summed E-state index contributed by atoms with van der Waals surface area (Å²) in [4.78, 5) is 0. The van der Waals surface area contributed by atoms with E-state index in [0.29, 0.717) is 0 Å². The van der Waals surface area contributed by atoms with E-state index in [-0.39, 0.29) is 12.8 Å². The number of ether oxygens (including phenoxy) is 1. The number of unbranched alkanes of at least 4 members (excludes halogenated alkanes) is 1. The molecule has 1 N–H and O–H groups in total. The number of fused-ring (bicyclic) bond motifs is 1. The van der Waals surface area contributed by atoms with Crippen molar-refractivity contribution < 1.29 is 19.2 Å². The Kier molecular flexibility index (Phi) is 6.01. The van der Waals surface area contributed by atoms with Crippen LogP contribution in [0.1, 0.15) is 77.2 Å². The van der Waals surface area contributed by atoms with Crippen LogP contribution in [0.5, 0.6) is 0 Å². The Morgan fingerprint density at radius 3 is 2.53 bits per heavy atom. The molecule has 7 heteroatoms. The van der Waals surface area contributed by atoms with Crippen molar-refractivity contribution in [3.8, 4) is 0 Å². The first-order valence-electron chi connectivity index (χ1n) is 11.3. The average molecular weight is 414 g/mol. The number of aliphatic hydroxyl groups is 1. The van der Waals surface area contributed by atoms with Gasteiger partial charge in [-0.15, -0.1) is 0 Å². The summed E-state index contributed by atoms with van der Waals surface area (Å²) >= 11 is 0. The molecule has 0 bridgehead atoms. The SMILES string of the molecule is Cc1cc2c(cnn2C2CCCCO2)c(B2OC(C)(C)C(C)(C)O2)c1CCCCO. The summed E-state index contributed by atoms with van der Waals surface area (Å²) < 4.78 is 21.0. The van der Waals surface area contributed by atoms with Crippen molar-refractivity contribution in [2.24, 2.45) is 0 Å². The van der Waals surface area contributed by atoms with Crippen molar-refractivity contribution in [3.05, 3.63) is 23.4 Å². The van der Waals surface area contributed by atoms with Crippen molar-refractivity contribution in [1.82, 2.24) is 9.78 Å². The molecule has 4 rings (SSSR count). The van der Waals surface area contributed by atoms with Crippen molar-refractivity contribution in [1.29, 1.82) is 0 Å². The fourth-order valence-corrected chi connectivity index (χ4v) is 4.51. The molecular weight excluding hydrogens is 379 g/mol. The molecule has 2 aromatic rings. The van der Waals surface area contributed by atoms with Gasteiger partial charge in [0.15, 0.2) is 6.23 Å². The monoisotopic (exact) mass is 414 g/mol. The van der Waals surface area contributed by atoms with E-state index in [9.17, 15) is 5.11 Å². The second-order valence-electron chi connectivity index (χ2n) is 9.70. The topological polar surface area (TPSA) is 65.7 Å². The zero-order valence-corrected chi connectivity index (χ0v) is 19.0. The van der Waals surface area contributed by atoms with Crippen LogP contribution in [0, 0.1) is 6.92 Å². The summed E-state index contributed by atoms with van der Waals surface area (Å²) in [6.07, 6.45) is 7.79. The van der Waals surface area contributed by atoms with Crippen LogP contribution < -0.4 is 5.46 Å². The van der Waals surface area contributed by atoms with Crippen LogP contribution in [0.15, 0.2) is 12.3 Å². The van der Waals surface area contributed by atoms with Gasteiger partial charge >= 0.3 is 7.12 Å². The van der Waals surface area contributed by atoms with Crippen LogP contribution in [0.3, 0.4) is 0 Å². The summed E-state index contributed by atoms with van der Waals surface area (Å²) in [5.74, 6) is 0. The van der Waals surface area contributed by atoms with Crippen LogP contribution in [0.4, 0.5) is 0 Å². The van der Waals surface area contributed by atoms with Gasteiger partial charge < -0.3 is 19.2 Å². The second-order valence-corrected chi connectivity index (χ2v) is 9.70. The molecule has 30 heavy (non-hydrogen) atoms. The molecule has 2 aliphatic rings. The minimum atomic E-state index is -0.438. The zero-order valence-electron chi connectivity index (χ0n) is 19.0. The van der Waals surface area contributed by atoms with Crippen LogP contribution in [-0.2, 0) is 20.5 Å². The molecule has 0 radical (unpaired) electrons. The van der Waals surface area contributed by atoms with Crippen LogP contribution >= 0.6 is 0 Å². The first-order valence-corrected chi connectivity index (χ1v) is 11.3. The van der Waals surface area contributed by atoms with E-state index < -0.39 is 18.3 Å². The molecular formula is C23H35BN2O4. The maximum Gasteiger partial charge on any atom is 0.495 e. The summed E-state index contributed by atoms with van der Waals surface area (Å²) in [6.45, 7) is 11.5. The Morgan fingerprint density at radius 1 is 1.17 bits per heavy atom. The predicted octanol–water partition coefficient (Wildman–Crippen LogP) is 3.66. The smallest absolute Gasteiger partial charge is 0.399 e. The number of nitrogens with zero attached hydrogens (tertiary/aromatic N) is 2. The predicted molar refractivity (Wildman–Crippen MR) is 119 cm³/mol. The molecule has 0 amide bonds. The van der Waals surface area contributed by atoms with E-state index in [1.165, 1.54) is 11.1 Å². The minimum absolute atomic E-state index is 0.0120. The fraction of sp³-hybridized carbons (Fsp3) is 0.696. The molecule has 1 aromatic carbocycles. The number of aryl methyl sites for hydroxylation is 1. The molecule has 2 fully saturated rings. The number of benzene rings is 1. The van der Waals surface area contributed by atoms with E-state index in [0.717, 1.165) is 61.5 Å². The van der Waals surface area contributed by atoms with Crippen molar-refractivity contribution >= 4 is 23.5 Å². The van der Waals surface area contributed by atoms with E-state index in [1.807, 2.05) is 10.9 Å². The van der Waals surface area contributed by atoms with Gasteiger partial charge in [0, 0.05) is 18.6 Å². The highest BCUT2D eigenvalue weighted by atomic mass is 16.7. The molecule has 3 heterocycles. The highest BCUT2D eigenvalue weighted by molar-refractivity contribution is 6.65. The number of rotatable bonds is 6. The first kappa shape index (κ1) is 21.8. The Hall–Kier alpha value is -1.41. The Balaban J connectivity index is 1.82. The minimum Gasteiger partial charge on any atom is -0.399 e. The van der Waals surface area contributed by atoms with E-state index in [4.69, 9.17) is 19.1 Å². The number of hydrogen-bond donors (Lipinski definition) is 1. The lowest BCUT2D eigenvalue weighted by atomic mass is 9.71. The summed E-state index contributed by atoms with van der Waals surface area (Å²) in [6, 6.07) is 2.23. The van der Waals surface area contributed by atoms with Crippen LogP contribution in [-0.4, -0.2) is 46.4 Å². The summed E-state index contributed by atoms with van der Waals surface area (Å²) in [5, 5.41) is 15.1. The standard InChI is InChI=1S/C23H35BN2O4/c1-16-14-19-18(15-25-26(19)20-11-7-9-13-28-20)21(17(16)10-6-8-12-27)24-29-22(2,3)23(4,5)30-24/h14-15,20,27H,6-13H2,1-5H3. The third-order valence-corrected chi connectivity index (χ3v) is 7.03. The van der Waals surface area contributed by atoms with Gasteiger partial charge in [0.1, 0.15) is 0 Å². The normalized spacial score (nSPS) is 23.4. The molecule has 1 unspecified atom stereocenters. The Bertz CT molecular complexity index is 886. The molecule has 1 aromatic heterocycles. The van der Waals surface area contributed by atoms with Crippen molar-refractivity contribution in [3.63, 3.8) is 0 Å². The number of aromatic nitrogens is 2. The lowest BCUT2D eigenvalue weighted by Gasteiger charge is -2.32. The van der Waals surface area contributed by atoms with E-state index in [2.05, 4.69) is 40.7 Å². The van der Waals surface area contributed by atoms with Crippen LogP contribution in [0.2, 0.25) is 0 Å². The largest absolute Gasteiger partial charge is 0.495 e. The fourth-order valence-electron chi connectivity index (χ4n) is 4.51. The zero-order chi connectivity index (χ0) is 21.5. The maximum atomic E-state index is 9.27. The van der Waals surface area contributed by atoms with Crippen molar-refractivity contribution in [2.45, 2.75) is 90.6 Å². The molecule has 0 saturated carbocycles. The lowest BCUT2D eigenvalue weighted by Crippen LogP contribution is -2.41. The molecule has 2 saturated heterocycles. The average Bonchev–Trinajstić information content (AvgIpc) is 3.20. The molecule has 2 aliphatic heterocycles. The maximum absolute atomic E-state index is 9.27. The van der Waals surface area contributed by atoms with Crippen molar-refractivity contribution in [2.75, 3.05) is 13.2 Å². The Labute approximate surface area is 180 Å². The van der Waals surface area contributed by atoms with Gasteiger partial charge in [-0.25, -0.2) is 4.68 Å². The lowest BCUT2D eigenvalue weighted by molar-refractivity contribution is -0.0366. The Morgan fingerprint density at radius 2 is 1.90 bits per heavy atom. The number of hydrogen-bond acceptors (Lipinski definition) is 5. The molecule has 1 atom stereocenters. The van der Waals surface area contributed by atoms with Gasteiger partial charge in [0.05, 0.1) is 22.9 Å². The van der Waals surface area contributed by atoms with Gasteiger partial charge in [-0.3, -0.25) is 0 Å². The molecule has 6 nitrogen and oxygen atoms in total. The van der Waals surface area contributed by atoms with Gasteiger partial charge in [-0.2, -0.15) is 5.10 Å². The van der Waals surface area contributed by atoms with Gasteiger partial charge in [-0.05, 0) is 95.8 Å². The van der Waals surface area contributed by atoms with Crippen LogP contribution in [0.25, 0.3) is 10.9 Å². The third kappa shape index (κ3) is 3.81. The summed E-state index contributed by atoms with van der Waals surface area (Å²) in [5.41, 5.74) is 3.82. The van der Waals surface area contributed by atoms with Gasteiger partial charge in [0.25, 0.3) is 0 Å². The second kappa shape index (κ2) is 8.27. The first-order chi connectivity index (χ1) is 14.2.